The molecule has 0 fully saturated rings. The quantitative estimate of drug-likeness (QED) is 0.686. The van der Waals surface area contributed by atoms with Gasteiger partial charge in [0.25, 0.3) is 0 Å². The molecule has 0 saturated heterocycles. The molecule has 0 aliphatic heterocycles. The zero-order valence-electron chi connectivity index (χ0n) is 10.6. The zero-order valence-corrected chi connectivity index (χ0v) is 10.6. The first-order valence-corrected chi connectivity index (χ1v) is 6.05. The Labute approximate surface area is 106 Å². The van der Waals surface area contributed by atoms with E-state index in [0.29, 0.717) is 0 Å². The standard InChI is InChI=1S/C15H15N3/c1-11-5-6-13-14(8-11)18(2)15(17-13)9-12-4-3-7-16-10-12/h3-8,10H,9H2,1-2H3. The highest BCUT2D eigenvalue weighted by Gasteiger charge is 2.08. The smallest absolute Gasteiger partial charge is 0.114 e. The highest BCUT2D eigenvalue weighted by atomic mass is 15.1. The SMILES string of the molecule is Cc1ccc2nc(Cc3cccnc3)n(C)c2c1. The Bertz CT molecular complexity index is 684. The number of imidazole rings is 1. The summed E-state index contributed by atoms with van der Waals surface area (Å²) in [6.07, 6.45) is 4.50. The van der Waals surface area contributed by atoms with Gasteiger partial charge in [-0.2, -0.15) is 0 Å². The molecule has 0 aliphatic rings. The largest absolute Gasteiger partial charge is 0.331 e. The van der Waals surface area contributed by atoms with Crippen molar-refractivity contribution in [2.75, 3.05) is 0 Å². The van der Waals surface area contributed by atoms with E-state index in [1.54, 1.807) is 6.20 Å². The van der Waals surface area contributed by atoms with Gasteiger partial charge in [-0.15, -0.1) is 0 Å². The molecule has 90 valence electrons. The molecule has 2 aromatic heterocycles. The first-order valence-electron chi connectivity index (χ1n) is 6.05. The summed E-state index contributed by atoms with van der Waals surface area (Å²) in [5, 5.41) is 0. The fourth-order valence-electron chi connectivity index (χ4n) is 2.19. The highest BCUT2D eigenvalue weighted by Crippen LogP contribution is 2.18. The van der Waals surface area contributed by atoms with E-state index >= 15 is 0 Å². The molecule has 18 heavy (non-hydrogen) atoms. The third kappa shape index (κ3) is 1.88. The number of nitrogens with zero attached hydrogens (tertiary/aromatic N) is 3. The van der Waals surface area contributed by atoms with Crippen LogP contribution < -0.4 is 0 Å². The van der Waals surface area contributed by atoms with E-state index in [1.165, 1.54) is 16.6 Å². The van der Waals surface area contributed by atoms with E-state index in [4.69, 9.17) is 0 Å². The highest BCUT2D eigenvalue weighted by molar-refractivity contribution is 5.76. The molecular formula is C15H15N3. The van der Waals surface area contributed by atoms with Crippen molar-refractivity contribution in [2.24, 2.45) is 7.05 Å². The molecule has 0 aliphatic carbocycles. The minimum atomic E-state index is 0.818. The van der Waals surface area contributed by atoms with Crippen molar-refractivity contribution in [2.45, 2.75) is 13.3 Å². The van der Waals surface area contributed by atoms with E-state index in [1.807, 2.05) is 12.3 Å². The fourth-order valence-corrected chi connectivity index (χ4v) is 2.19. The van der Waals surface area contributed by atoms with Gasteiger partial charge in [0.05, 0.1) is 11.0 Å². The van der Waals surface area contributed by atoms with Gasteiger partial charge < -0.3 is 4.57 Å². The van der Waals surface area contributed by atoms with Gasteiger partial charge in [-0.05, 0) is 36.2 Å². The van der Waals surface area contributed by atoms with E-state index in [-0.39, 0.29) is 0 Å². The molecule has 3 nitrogen and oxygen atoms in total. The van der Waals surface area contributed by atoms with Crippen LogP contribution in [-0.4, -0.2) is 14.5 Å². The molecule has 0 radical (unpaired) electrons. The molecule has 1 aromatic carbocycles. The molecule has 0 bridgehead atoms. The lowest BCUT2D eigenvalue weighted by atomic mass is 10.2. The topological polar surface area (TPSA) is 30.7 Å². The average molecular weight is 237 g/mol. The predicted molar refractivity (Wildman–Crippen MR) is 72.5 cm³/mol. The Morgan fingerprint density at radius 2 is 2.11 bits per heavy atom. The van der Waals surface area contributed by atoms with Gasteiger partial charge in [-0.25, -0.2) is 4.98 Å². The molecule has 0 N–H and O–H groups in total. The monoisotopic (exact) mass is 237 g/mol. The van der Waals surface area contributed by atoms with Crippen molar-refractivity contribution >= 4 is 11.0 Å². The van der Waals surface area contributed by atoms with Gasteiger partial charge >= 0.3 is 0 Å². The molecular weight excluding hydrogens is 222 g/mol. The maximum absolute atomic E-state index is 4.68. The second-order valence-electron chi connectivity index (χ2n) is 4.62. The molecule has 3 heteroatoms. The Kier molecular flexibility index (Phi) is 2.59. The van der Waals surface area contributed by atoms with E-state index in [2.05, 4.69) is 52.8 Å². The van der Waals surface area contributed by atoms with Crippen LogP contribution in [0.1, 0.15) is 17.0 Å². The molecule has 0 amide bonds. The van der Waals surface area contributed by atoms with Crippen LogP contribution in [0.4, 0.5) is 0 Å². The normalized spacial score (nSPS) is 11.0. The van der Waals surface area contributed by atoms with Crippen LogP contribution in [0.25, 0.3) is 11.0 Å². The Morgan fingerprint density at radius 3 is 2.89 bits per heavy atom. The molecule has 3 aromatic rings. The van der Waals surface area contributed by atoms with Crippen molar-refractivity contribution in [3.05, 3.63) is 59.7 Å². The van der Waals surface area contributed by atoms with Crippen molar-refractivity contribution in [3.63, 3.8) is 0 Å². The number of hydrogen-bond donors (Lipinski definition) is 0. The Morgan fingerprint density at radius 1 is 1.22 bits per heavy atom. The minimum Gasteiger partial charge on any atom is -0.331 e. The number of hydrogen-bond acceptors (Lipinski definition) is 2. The summed E-state index contributed by atoms with van der Waals surface area (Å²) in [6.45, 7) is 2.10. The lowest BCUT2D eigenvalue weighted by Gasteiger charge is -2.02. The van der Waals surface area contributed by atoms with Crippen LogP contribution in [0.5, 0.6) is 0 Å². The zero-order chi connectivity index (χ0) is 12.5. The molecule has 2 heterocycles. The summed E-state index contributed by atoms with van der Waals surface area (Å²) in [5.74, 6) is 1.07. The number of benzene rings is 1. The number of rotatable bonds is 2. The fraction of sp³-hybridized carbons (Fsp3) is 0.200. The lowest BCUT2D eigenvalue weighted by Crippen LogP contribution is -1.99. The van der Waals surface area contributed by atoms with Crippen molar-refractivity contribution in [1.82, 2.24) is 14.5 Å². The van der Waals surface area contributed by atoms with Crippen LogP contribution in [-0.2, 0) is 13.5 Å². The summed E-state index contributed by atoms with van der Waals surface area (Å²) < 4.78 is 2.16. The summed E-state index contributed by atoms with van der Waals surface area (Å²) in [6, 6.07) is 10.4. The molecule has 0 unspecified atom stereocenters. The molecule has 0 spiro atoms. The number of fused-ring (bicyclic) bond motifs is 1. The third-order valence-electron chi connectivity index (χ3n) is 3.21. The Balaban J connectivity index is 2.05. The van der Waals surface area contributed by atoms with E-state index < -0.39 is 0 Å². The number of pyridine rings is 1. The van der Waals surface area contributed by atoms with Crippen LogP contribution in [0.2, 0.25) is 0 Å². The van der Waals surface area contributed by atoms with Crippen LogP contribution in [0, 0.1) is 6.92 Å². The van der Waals surface area contributed by atoms with Gasteiger partial charge in [0.2, 0.25) is 0 Å². The summed E-state index contributed by atoms with van der Waals surface area (Å²) in [7, 11) is 2.07. The number of aryl methyl sites for hydroxylation is 2. The van der Waals surface area contributed by atoms with E-state index in [9.17, 15) is 0 Å². The first-order chi connectivity index (χ1) is 8.74. The molecule has 0 saturated carbocycles. The predicted octanol–water partition coefficient (Wildman–Crippen LogP) is 2.87. The second-order valence-corrected chi connectivity index (χ2v) is 4.62. The van der Waals surface area contributed by atoms with E-state index in [0.717, 1.165) is 17.8 Å². The third-order valence-corrected chi connectivity index (χ3v) is 3.21. The van der Waals surface area contributed by atoms with Gasteiger partial charge in [-0.1, -0.05) is 12.1 Å². The minimum absolute atomic E-state index is 0.818. The Hall–Kier alpha value is -2.16. The van der Waals surface area contributed by atoms with Gasteiger partial charge in [0, 0.05) is 25.9 Å². The van der Waals surface area contributed by atoms with Gasteiger partial charge in [0.15, 0.2) is 0 Å². The van der Waals surface area contributed by atoms with Crippen molar-refractivity contribution in [1.29, 1.82) is 0 Å². The average Bonchev–Trinajstić information content (AvgIpc) is 2.68. The van der Waals surface area contributed by atoms with Gasteiger partial charge in [-0.3, -0.25) is 4.98 Å². The van der Waals surface area contributed by atoms with Crippen LogP contribution in [0.3, 0.4) is 0 Å². The second kappa shape index (κ2) is 4.26. The van der Waals surface area contributed by atoms with Crippen LogP contribution in [0.15, 0.2) is 42.7 Å². The van der Waals surface area contributed by atoms with Crippen molar-refractivity contribution < 1.29 is 0 Å². The van der Waals surface area contributed by atoms with Gasteiger partial charge in [0.1, 0.15) is 5.82 Å². The number of aromatic nitrogens is 3. The maximum Gasteiger partial charge on any atom is 0.114 e. The van der Waals surface area contributed by atoms with Crippen molar-refractivity contribution in [3.8, 4) is 0 Å². The molecule has 3 rings (SSSR count). The summed E-state index contributed by atoms with van der Waals surface area (Å²) in [5.41, 5.74) is 4.70. The molecule has 0 atom stereocenters. The lowest BCUT2D eigenvalue weighted by molar-refractivity contribution is 0.842. The maximum atomic E-state index is 4.68. The summed E-state index contributed by atoms with van der Waals surface area (Å²) in [4.78, 5) is 8.83. The summed E-state index contributed by atoms with van der Waals surface area (Å²) >= 11 is 0. The first kappa shape index (κ1) is 11.0. The van der Waals surface area contributed by atoms with Crippen LogP contribution >= 0.6 is 0 Å².